The molecule has 0 aliphatic carbocycles. The summed E-state index contributed by atoms with van der Waals surface area (Å²) in [6.45, 7) is 2.17. The smallest absolute Gasteiger partial charge is 0.472 e. The predicted molar refractivity (Wildman–Crippen MR) is 219 cm³/mol. The van der Waals surface area contributed by atoms with Gasteiger partial charge in [-0.2, -0.15) is 15.6 Å². The van der Waals surface area contributed by atoms with Crippen LogP contribution in [0.5, 0.6) is 5.75 Å². The van der Waals surface area contributed by atoms with Crippen LogP contribution in [0.1, 0.15) is 133 Å². The minimum atomic E-state index is -4.66. The average Bonchev–Trinajstić information content (AvgIpc) is 3.65. The van der Waals surface area contributed by atoms with E-state index >= 15 is 0 Å². The van der Waals surface area contributed by atoms with E-state index in [-0.39, 0.29) is 26.2 Å². The Kier molecular flexibility index (Phi) is 22.8. The Morgan fingerprint density at radius 2 is 1.54 bits per heavy atom. The van der Waals surface area contributed by atoms with Crippen molar-refractivity contribution in [3.63, 3.8) is 0 Å². The van der Waals surface area contributed by atoms with Crippen molar-refractivity contribution < 1.29 is 37.5 Å². The summed E-state index contributed by atoms with van der Waals surface area (Å²) in [5.74, 6) is 0.738. The van der Waals surface area contributed by atoms with Crippen molar-refractivity contribution in [1.82, 2.24) is 14.6 Å². The lowest BCUT2D eigenvalue weighted by atomic mass is 9.99. The number of rotatable bonds is 33. The summed E-state index contributed by atoms with van der Waals surface area (Å²) in [6.07, 6.45) is 21.6. The van der Waals surface area contributed by atoms with Crippen LogP contribution in [0.15, 0.2) is 36.7 Å². The number of nitrogens with two attached hydrogens (primary N) is 1. The Balaban J connectivity index is 1.42. The maximum Gasteiger partial charge on any atom is 0.472 e. The van der Waals surface area contributed by atoms with Gasteiger partial charge in [0.15, 0.2) is 11.4 Å². The highest BCUT2D eigenvalue weighted by atomic mass is 31.2. The Morgan fingerprint density at radius 1 is 0.895 bits per heavy atom. The number of phosphoric acid groups is 1. The molecule has 2 aromatic heterocycles. The van der Waals surface area contributed by atoms with Gasteiger partial charge in [-0.15, -0.1) is 0 Å². The van der Waals surface area contributed by atoms with Gasteiger partial charge in [-0.25, -0.2) is 14.1 Å². The van der Waals surface area contributed by atoms with Crippen molar-refractivity contribution in [1.29, 1.82) is 10.5 Å². The normalized spacial score (nSPS) is 14.1. The lowest BCUT2D eigenvalue weighted by Gasteiger charge is -2.26. The van der Waals surface area contributed by atoms with E-state index < -0.39 is 26.1 Å². The number of methoxy groups -OCH3 is 2. The number of hydrogen-bond acceptors (Lipinski definition) is 12. The summed E-state index contributed by atoms with van der Waals surface area (Å²) in [5, 5.41) is 23.6. The third kappa shape index (κ3) is 17.8. The van der Waals surface area contributed by atoms with Crippen molar-refractivity contribution in [2.45, 2.75) is 141 Å². The first kappa shape index (κ1) is 47.8. The van der Waals surface area contributed by atoms with Crippen LogP contribution in [0.4, 0.5) is 5.82 Å². The average molecular weight is 813 g/mol. The SMILES string of the molecule is CCCCCCCCCCCCCCCCCCOCC(COP(=O)(O)OCC(C#N)(CCc1ccc2c(N)ncnn12)OC)OCc1ccc(C#N)c(OC)c1. The standard InChI is InChI=1S/C42H65N6O8P/c1-4-5-6-7-8-9-10-11-12-13-14-15-16-17-18-19-26-53-30-38(54-29-35-20-21-36(28-43)40(27-35)51-2)31-55-57(49,50)56-33-42(32-44,52-3)25-24-37-22-23-39-41(45)46-34-47-48(37)39/h20-23,27,34,38H,4-19,24-26,29-31,33H2,1-3H3,(H,49,50)(H2,45,46,47). The number of nitrogens with zero attached hydrogens (tertiary/aromatic N) is 5. The third-order valence-corrected chi connectivity index (χ3v) is 11.1. The summed E-state index contributed by atoms with van der Waals surface area (Å²) in [5.41, 5.74) is 6.89. The van der Waals surface area contributed by atoms with Crippen LogP contribution in [0.2, 0.25) is 0 Å². The summed E-state index contributed by atoms with van der Waals surface area (Å²) in [4.78, 5) is 14.6. The van der Waals surface area contributed by atoms with Gasteiger partial charge in [0.25, 0.3) is 0 Å². The van der Waals surface area contributed by atoms with E-state index in [2.05, 4.69) is 29.1 Å². The summed E-state index contributed by atoms with van der Waals surface area (Å²) in [6, 6.07) is 12.9. The van der Waals surface area contributed by atoms with E-state index in [1.807, 2.05) is 6.07 Å². The number of nitrogen functional groups attached to an aromatic ring is 1. The Hall–Kier alpha value is -3.59. The van der Waals surface area contributed by atoms with E-state index in [0.29, 0.717) is 35.7 Å². The largest absolute Gasteiger partial charge is 0.495 e. The van der Waals surface area contributed by atoms with Gasteiger partial charge in [-0.1, -0.05) is 109 Å². The number of nitriles is 2. The molecule has 3 rings (SSSR count). The van der Waals surface area contributed by atoms with Crippen LogP contribution in [0.3, 0.4) is 0 Å². The summed E-state index contributed by atoms with van der Waals surface area (Å²) < 4.78 is 48.2. The van der Waals surface area contributed by atoms with Crippen molar-refractivity contribution >= 4 is 19.2 Å². The molecule has 0 aliphatic heterocycles. The summed E-state index contributed by atoms with van der Waals surface area (Å²) >= 11 is 0. The molecule has 0 bridgehead atoms. The predicted octanol–water partition coefficient (Wildman–Crippen LogP) is 9.03. The minimum absolute atomic E-state index is 0.112. The summed E-state index contributed by atoms with van der Waals surface area (Å²) in [7, 11) is -1.84. The second kappa shape index (κ2) is 27.2. The molecule has 0 fully saturated rings. The second-order valence-electron chi connectivity index (χ2n) is 14.6. The van der Waals surface area contributed by atoms with Gasteiger partial charge in [-0.05, 0) is 49.1 Å². The maximum absolute atomic E-state index is 13.1. The molecule has 3 N–H and O–H groups in total. The molecule has 1 aromatic carbocycles. The number of phosphoric ester groups is 1. The number of benzene rings is 1. The molecule has 0 radical (unpaired) electrons. The lowest BCUT2D eigenvalue weighted by Crippen LogP contribution is -2.36. The molecule has 316 valence electrons. The Morgan fingerprint density at radius 3 is 2.14 bits per heavy atom. The highest BCUT2D eigenvalue weighted by molar-refractivity contribution is 7.47. The first-order valence-corrected chi connectivity index (χ1v) is 22.1. The number of unbranched alkanes of at least 4 members (excludes halogenated alkanes) is 15. The van der Waals surface area contributed by atoms with Gasteiger partial charge in [0.1, 0.15) is 42.4 Å². The zero-order chi connectivity index (χ0) is 41.2. The quantitative estimate of drug-likeness (QED) is 0.0437. The molecule has 0 saturated heterocycles. The number of aromatic nitrogens is 3. The fraction of sp³-hybridized carbons (Fsp3) is 0.667. The molecular weight excluding hydrogens is 747 g/mol. The van der Waals surface area contributed by atoms with Gasteiger partial charge in [0, 0.05) is 19.4 Å². The maximum atomic E-state index is 13.1. The van der Waals surface area contributed by atoms with Crippen LogP contribution in [0.25, 0.3) is 5.52 Å². The first-order valence-electron chi connectivity index (χ1n) is 20.6. The van der Waals surface area contributed by atoms with Crippen molar-refractivity contribution in [2.24, 2.45) is 0 Å². The molecular formula is C42H65N6O8P. The van der Waals surface area contributed by atoms with Crippen LogP contribution in [-0.2, 0) is 40.9 Å². The van der Waals surface area contributed by atoms with E-state index in [1.54, 1.807) is 28.8 Å². The molecule has 3 atom stereocenters. The molecule has 0 aliphatic rings. The van der Waals surface area contributed by atoms with Gasteiger partial charge in [0.2, 0.25) is 0 Å². The van der Waals surface area contributed by atoms with Gasteiger partial charge in [-0.3, -0.25) is 9.05 Å². The molecule has 15 heteroatoms. The number of aryl methyl sites for hydroxylation is 1. The zero-order valence-corrected chi connectivity index (χ0v) is 35.3. The van der Waals surface area contributed by atoms with Gasteiger partial charge in [0.05, 0.1) is 32.5 Å². The van der Waals surface area contributed by atoms with Crippen LogP contribution in [0, 0.1) is 22.7 Å². The highest BCUT2D eigenvalue weighted by Crippen LogP contribution is 2.44. The Labute approximate surface area is 339 Å². The number of fused-ring (bicyclic) bond motifs is 1. The van der Waals surface area contributed by atoms with E-state index in [9.17, 15) is 20.0 Å². The van der Waals surface area contributed by atoms with Gasteiger partial charge >= 0.3 is 7.82 Å². The number of ether oxygens (including phenoxy) is 4. The molecule has 0 saturated carbocycles. The minimum Gasteiger partial charge on any atom is -0.495 e. The van der Waals surface area contributed by atoms with E-state index in [4.69, 9.17) is 33.7 Å². The molecule has 0 amide bonds. The monoisotopic (exact) mass is 812 g/mol. The van der Waals surface area contributed by atoms with Crippen molar-refractivity contribution in [2.75, 3.05) is 46.4 Å². The van der Waals surface area contributed by atoms with Crippen molar-refractivity contribution in [3.8, 4) is 17.9 Å². The number of anilines is 1. The topological polar surface area (TPSA) is 196 Å². The van der Waals surface area contributed by atoms with Crippen LogP contribution < -0.4 is 10.5 Å². The zero-order valence-electron chi connectivity index (χ0n) is 34.4. The molecule has 57 heavy (non-hydrogen) atoms. The first-order chi connectivity index (χ1) is 27.7. The molecule has 3 aromatic rings. The fourth-order valence-electron chi connectivity index (χ4n) is 6.54. The van der Waals surface area contributed by atoms with Crippen LogP contribution >= 0.6 is 7.82 Å². The molecule has 3 unspecified atom stereocenters. The Bertz CT molecular complexity index is 1710. The number of hydrogen-bond donors (Lipinski definition) is 2. The molecule has 2 heterocycles. The molecule has 14 nitrogen and oxygen atoms in total. The van der Waals surface area contributed by atoms with E-state index in [1.165, 1.54) is 104 Å². The van der Waals surface area contributed by atoms with Crippen molar-refractivity contribution in [3.05, 3.63) is 53.5 Å². The van der Waals surface area contributed by atoms with E-state index in [0.717, 1.165) is 30.5 Å². The second-order valence-corrected chi connectivity index (χ2v) is 16.0. The molecule has 0 spiro atoms. The third-order valence-electron chi connectivity index (χ3n) is 10.1. The fourth-order valence-corrected chi connectivity index (χ4v) is 7.34. The van der Waals surface area contributed by atoms with Crippen LogP contribution in [-0.4, -0.2) is 71.8 Å². The van der Waals surface area contributed by atoms with Gasteiger partial charge < -0.3 is 29.6 Å². The lowest BCUT2D eigenvalue weighted by molar-refractivity contribution is -0.0554. The highest BCUT2D eigenvalue weighted by Gasteiger charge is 2.35.